The Hall–Kier alpha value is -0.540. The molecule has 4 heteroatoms. The molecule has 2 rings (SSSR count). The Bertz CT molecular complexity index is 526. The van der Waals surface area contributed by atoms with Crippen LogP contribution in [0.4, 0.5) is 0 Å². The van der Waals surface area contributed by atoms with Gasteiger partial charge in [-0.3, -0.25) is 0 Å². The fourth-order valence-electron chi connectivity index (χ4n) is 1.50. The minimum absolute atomic E-state index is 0.495. The monoisotopic (exact) mass is 344 g/mol. The van der Waals surface area contributed by atoms with Crippen molar-refractivity contribution >= 4 is 39.1 Å². The number of benzene rings is 2. The van der Waals surface area contributed by atoms with E-state index in [9.17, 15) is 0 Å². The highest BCUT2D eigenvalue weighted by Crippen LogP contribution is 2.22. The minimum Gasteiger partial charge on any atom is -0.372 e. The number of halogens is 3. The molecule has 2 aromatic rings. The van der Waals surface area contributed by atoms with E-state index >= 15 is 0 Å². The minimum atomic E-state index is 0.495. The van der Waals surface area contributed by atoms with Gasteiger partial charge in [0.15, 0.2) is 0 Å². The van der Waals surface area contributed by atoms with Crippen molar-refractivity contribution in [1.82, 2.24) is 0 Å². The molecule has 0 radical (unpaired) electrons. The Balaban J connectivity index is 1.90. The zero-order valence-electron chi connectivity index (χ0n) is 9.50. The normalized spacial score (nSPS) is 10.6. The Morgan fingerprint density at radius 2 is 1.67 bits per heavy atom. The van der Waals surface area contributed by atoms with E-state index in [1.807, 2.05) is 42.5 Å². The molecular weight excluding hydrogens is 335 g/mol. The van der Waals surface area contributed by atoms with Crippen LogP contribution in [-0.4, -0.2) is 0 Å². The second-order valence-corrected chi connectivity index (χ2v) is 5.61. The summed E-state index contributed by atoms with van der Waals surface area (Å²) in [7, 11) is 0. The van der Waals surface area contributed by atoms with Crippen LogP contribution in [0.15, 0.2) is 46.9 Å². The predicted octanol–water partition coefficient (Wildman–Crippen LogP) is 5.47. The van der Waals surface area contributed by atoms with E-state index in [1.54, 1.807) is 0 Å². The van der Waals surface area contributed by atoms with Crippen LogP contribution in [0.5, 0.6) is 0 Å². The van der Waals surface area contributed by atoms with E-state index in [-0.39, 0.29) is 0 Å². The molecule has 0 aromatic heterocycles. The average molecular weight is 346 g/mol. The lowest BCUT2D eigenvalue weighted by molar-refractivity contribution is 0.107. The number of hydrogen-bond acceptors (Lipinski definition) is 1. The van der Waals surface area contributed by atoms with Crippen molar-refractivity contribution < 1.29 is 4.74 Å². The predicted molar refractivity (Wildman–Crippen MR) is 79.1 cm³/mol. The lowest BCUT2D eigenvalue weighted by Gasteiger charge is -2.07. The highest BCUT2D eigenvalue weighted by Gasteiger charge is 2.01. The third-order valence-electron chi connectivity index (χ3n) is 2.45. The summed E-state index contributed by atoms with van der Waals surface area (Å²) in [4.78, 5) is 0. The molecular formula is C14H11BrCl2O. The summed E-state index contributed by atoms with van der Waals surface area (Å²) < 4.78 is 6.59. The zero-order chi connectivity index (χ0) is 13.0. The Morgan fingerprint density at radius 1 is 0.944 bits per heavy atom. The van der Waals surface area contributed by atoms with Crippen molar-refractivity contribution in [3.05, 3.63) is 68.1 Å². The van der Waals surface area contributed by atoms with Crippen molar-refractivity contribution in [2.75, 3.05) is 0 Å². The van der Waals surface area contributed by atoms with Crippen LogP contribution in [0.3, 0.4) is 0 Å². The molecule has 0 saturated carbocycles. The smallest absolute Gasteiger partial charge is 0.0735 e. The van der Waals surface area contributed by atoms with Gasteiger partial charge in [0.25, 0.3) is 0 Å². The molecule has 0 aliphatic heterocycles. The highest BCUT2D eigenvalue weighted by molar-refractivity contribution is 9.10. The van der Waals surface area contributed by atoms with Crippen molar-refractivity contribution in [3.8, 4) is 0 Å². The summed E-state index contributed by atoms with van der Waals surface area (Å²) in [6.45, 7) is 1.04. The highest BCUT2D eigenvalue weighted by atomic mass is 79.9. The summed E-state index contributed by atoms with van der Waals surface area (Å²) >= 11 is 15.3. The lowest BCUT2D eigenvalue weighted by atomic mass is 10.2. The Kier molecular flexibility index (Phi) is 5.07. The second kappa shape index (κ2) is 6.58. The summed E-state index contributed by atoms with van der Waals surface area (Å²) in [5.41, 5.74) is 2.07. The maximum Gasteiger partial charge on any atom is 0.0735 e. The standard InChI is InChI=1S/C14H11BrCl2O/c15-12-4-3-11(14(17)7-12)9-18-8-10-1-5-13(16)6-2-10/h1-7H,8-9H2. The molecule has 18 heavy (non-hydrogen) atoms. The van der Waals surface area contributed by atoms with Crippen LogP contribution in [0.2, 0.25) is 10.0 Å². The van der Waals surface area contributed by atoms with Gasteiger partial charge in [-0.1, -0.05) is 57.3 Å². The van der Waals surface area contributed by atoms with Gasteiger partial charge in [-0.15, -0.1) is 0 Å². The van der Waals surface area contributed by atoms with Gasteiger partial charge >= 0.3 is 0 Å². The van der Waals surface area contributed by atoms with Gasteiger partial charge in [-0.05, 0) is 35.4 Å². The van der Waals surface area contributed by atoms with E-state index in [2.05, 4.69) is 15.9 Å². The molecule has 0 N–H and O–H groups in total. The van der Waals surface area contributed by atoms with Crippen molar-refractivity contribution in [1.29, 1.82) is 0 Å². The molecule has 0 bridgehead atoms. The molecule has 0 heterocycles. The van der Waals surface area contributed by atoms with Crippen LogP contribution >= 0.6 is 39.1 Å². The van der Waals surface area contributed by atoms with Gasteiger partial charge in [-0.25, -0.2) is 0 Å². The summed E-state index contributed by atoms with van der Waals surface area (Å²) in [5.74, 6) is 0. The molecule has 0 saturated heterocycles. The van der Waals surface area contributed by atoms with Crippen molar-refractivity contribution in [3.63, 3.8) is 0 Å². The molecule has 0 amide bonds. The molecule has 0 aliphatic carbocycles. The van der Waals surface area contributed by atoms with Gasteiger partial charge < -0.3 is 4.74 Å². The second-order valence-electron chi connectivity index (χ2n) is 3.85. The number of rotatable bonds is 4. The molecule has 0 spiro atoms. The third kappa shape index (κ3) is 3.99. The van der Waals surface area contributed by atoms with Crippen LogP contribution < -0.4 is 0 Å². The molecule has 0 unspecified atom stereocenters. The van der Waals surface area contributed by atoms with Gasteiger partial charge in [0.1, 0.15) is 0 Å². The van der Waals surface area contributed by atoms with E-state index in [0.29, 0.717) is 18.2 Å². The lowest BCUT2D eigenvalue weighted by Crippen LogP contribution is -1.94. The maximum atomic E-state index is 6.10. The van der Waals surface area contributed by atoms with Gasteiger partial charge in [0.05, 0.1) is 13.2 Å². The van der Waals surface area contributed by atoms with Crippen LogP contribution in [0, 0.1) is 0 Å². The summed E-state index contributed by atoms with van der Waals surface area (Å²) in [6.07, 6.45) is 0. The quantitative estimate of drug-likeness (QED) is 0.713. The first kappa shape index (κ1) is 13.9. The van der Waals surface area contributed by atoms with Crippen molar-refractivity contribution in [2.45, 2.75) is 13.2 Å². The van der Waals surface area contributed by atoms with Gasteiger partial charge in [0, 0.05) is 14.5 Å². The molecule has 0 aliphatic rings. The van der Waals surface area contributed by atoms with E-state index < -0.39 is 0 Å². The first-order valence-corrected chi connectivity index (χ1v) is 6.96. The van der Waals surface area contributed by atoms with Crippen LogP contribution in [0.1, 0.15) is 11.1 Å². The zero-order valence-corrected chi connectivity index (χ0v) is 12.6. The fourth-order valence-corrected chi connectivity index (χ4v) is 2.35. The topological polar surface area (TPSA) is 9.23 Å². The third-order valence-corrected chi connectivity index (χ3v) is 3.55. The number of hydrogen-bond donors (Lipinski definition) is 0. The van der Waals surface area contributed by atoms with Crippen molar-refractivity contribution in [2.24, 2.45) is 0 Å². The van der Waals surface area contributed by atoms with Crippen LogP contribution in [0.25, 0.3) is 0 Å². The average Bonchev–Trinajstić information content (AvgIpc) is 2.34. The molecule has 0 fully saturated rings. The first-order chi connectivity index (χ1) is 8.65. The van der Waals surface area contributed by atoms with E-state index in [4.69, 9.17) is 27.9 Å². The Morgan fingerprint density at radius 3 is 2.33 bits per heavy atom. The van der Waals surface area contributed by atoms with Gasteiger partial charge in [-0.2, -0.15) is 0 Å². The van der Waals surface area contributed by atoms with Gasteiger partial charge in [0.2, 0.25) is 0 Å². The van der Waals surface area contributed by atoms with E-state index in [0.717, 1.165) is 20.6 Å². The Labute approximate surface area is 125 Å². The largest absolute Gasteiger partial charge is 0.372 e. The summed E-state index contributed by atoms with van der Waals surface area (Å²) in [6, 6.07) is 13.4. The molecule has 2 aromatic carbocycles. The van der Waals surface area contributed by atoms with Crippen LogP contribution in [-0.2, 0) is 18.0 Å². The SMILES string of the molecule is Clc1ccc(COCc2ccc(Br)cc2Cl)cc1. The molecule has 1 nitrogen and oxygen atoms in total. The first-order valence-electron chi connectivity index (χ1n) is 5.41. The molecule has 94 valence electrons. The maximum absolute atomic E-state index is 6.10. The molecule has 0 atom stereocenters. The van der Waals surface area contributed by atoms with E-state index in [1.165, 1.54) is 0 Å². The fraction of sp³-hybridized carbons (Fsp3) is 0.143. The summed E-state index contributed by atoms with van der Waals surface area (Å²) in [5, 5.41) is 1.44. The number of ether oxygens (including phenoxy) is 1.